The number of amides is 2. The van der Waals surface area contributed by atoms with Gasteiger partial charge in [-0.3, -0.25) is 9.59 Å². The highest BCUT2D eigenvalue weighted by molar-refractivity contribution is 6.30. The summed E-state index contributed by atoms with van der Waals surface area (Å²) >= 11 is 5.80. The summed E-state index contributed by atoms with van der Waals surface area (Å²) in [7, 11) is 1.73. The number of halogens is 1. The van der Waals surface area contributed by atoms with Crippen LogP contribution in [-0.2, 0) is 11.3 Å². The molecular weight excluding hydrogens is 356 g/mol. The second-order valence-corrected chi connectivity index (χ2v) is 6.39. The van der Waals surface area contributed by atoms with Crippen LogP contribution in [0, 0.1) is 0 Å². The summed E-state index contributed by atoms with van der Waals surface area (Å²) in [5.74, 6) is 1.12. The Balaban J connectivity index is 1.45. The minimum Gasteiger partial charge on any atom is -0.454 e. The van der Waals surface area contributed by atoms with E-state index in [1.165, 1.54) is 0 Å². The maximum Gasteiger partial charge on any atom is 0.251 e. The Morgan fingerprint density at radius 2 is 1.85 bits per heavy atom. The summed E-state index contributed by atoms with van der Waals surface area (Å²) in [5.41, 5.74) is 1.46. The zero-order valence-corrected chi connectivity index (χ0v) is 15.1. The van der Waals surface area contributed by atoms with Crippen molar-refractivity contribution in [2.75, 3.05) is 20.4 Å². The molecule has 2 aromatic carbocycles. The topological polar surface area (TPSA) is 67.9 Å². The largest absolute Gasteiger partial charge is 0.454 e. The van der Waals surface area contributed by atoms with Gasteiger partial charge >= 0.3 is 0 Å². The lowest BCUT2D eigenvalue weighted by atomic mass is 10.2. The Bertz CT molecular complexity index is 808. The molecule has 136 valence electrons. The second kappa shape index (κ2) is 8.10. The molecule has 1 aliphatic heterocycles. The maximum absolute atomic E-state index is 12.2. The first-order valence-corrected chi connectivity index (χ1v) is 8.57. The normalized spacial score (nSPS) is 11.9. The lowest BCUT2D eigenvalue weighted by Crippen LogP contribution is -2.31. The van der Waals surface area contributed by atoms with E-state index in [0.29, 0.717) is 28.6 Å². The van der Waals surface area contributed by atoms with E-state index in [0.717, 1.165) is 5.56 Å². The number of benzene rings is 2. The molecule has 6 nitrogen and oxygen atoms in total. The summed E-state index contributed by atoms with van der Waals surface area (Å²) in [5, 5.41) is 3.31. The molecule has 0 unspecified atom stereocenters. The number of rotatable bonds is 6. The molecule has 7 heteroatoms. The summed E-state index contributed by atoms with van der Waals surface area (Å²) in [6.07, 6.45) is 0.223. The van der Waals surface area contributed by atoms with Crippen LogP contribution in [0.15, 0.2) is 42.5 Å². The van der Waals surface area contributed by atoms with Gasteiger partial charge in [0, 0.05) is 37.1 Å². The molecule has 3 rings (SSSR count). The van der Waals surface area contributed by atoms with E-state index in [1.54, 1.807) is 36.2 Å². The minimum atomic E-state index is -0.229. The summed E-state index contributed by atoms with van der Waals surface area (Å²) < 4.78 is 10.6. The van der Waals surface area contributed by atoms with Gasteiger partial charge in [-0.15, -0.1) is 0 Å². The number of fused-ring (bicyclic) bond motifs is 1. The zero-order chi connectivity index (χ0) is 18.5. The molecule has 1 aliphatic rings. The first-order valence-electron chi connectivity index (χ1n) is 8.19. The number of carbonyl (C=O) groups is 2. The minimum absolute atomic E-state index is 0.0564. The van der Waals surface area contributed by atoms with Crippen LogP contribution < -0.4 is 14.8 Å². The van der Waals surface area contributed by atoms with Gasteiger partial charge in [0.15, 0.2) is 11.5 Å². The van der Waals surface area contributed by atoms with E-state index in [2.05, 4.69) is 5.32 Å². The first kappa shape index (κ1) is 18.1. The molecule has 2 amide bonds. The SMILES string of the molecule is CN(Cc1ccc2c(c1)OCO2)C(=O)CCNC(=O)c1ccc(Cl)cc1. The van der Waals surface area contributed by atoms with Crippen molar-refractivity contribution >= 4 is 23.4 Å². The third-order valence-electron chi connectivity index (χ3n) is 4.01. The van der Waals surface area contributed by atoms with Crippen molar-refractivity contribution in [3.63, 3.8) is 0 Å². The number of hydrogen-bond donors (Lipinski definition) is 1. The molecule has 0 aliphatic carbocycles. The molecule has 0 saturated carbocycles. The number of ether oxygens (including phenoxy) is 2. The predicted octanol–water partition coefficient (Wildman–Crippen LogP) is 2.85. The van der Waals surface area contributed by atoms with Crippen LogP contribution in [0.4, 0.5) is 0 Å². The third kappa shape index (κ3) is 4.46. The van der Waals surface area contributed by atoms with E-state index < -0.39 is 0 Å². The summed E-state index contributed by atoms with van der Waals surface area (Å²) in [6.45, 7) is 0.952. The molecule has 1 N–H and O–H groups in total. The quantitative estimate of drug-likeness (QED) is 0.844. The Hall–Kier alpha value is -2.73. The van der Waals surface area contributed by atoms with Gasteiger partial charge < -0.3 is 19.7 Å². The molecule has 0 radical (unpaired) electrons. The number of carbonyl (C=O) groups excluding carboxylic acids is 2. The third-order valence-corrected chi connectivity index (χ3v) is 4.27. The predicted molar refractivity (Wildman–Crippen MR) is 97.4 cm³/mol. The van der Waals surface area contributed by atoms with Gasteiger partial charge in [-0.05, 0) is 42.0 Å². The van der Waals surface area contributed by atoms with Crippen LogP contribution in [0.5, 0.6) is 11.5 Å². The zero-order valence-electron chi connectivity index (χ0n) is 14.3. The van der Waals surface area contributed by atoms with Crippen molar-refractivity contribution in [3.8, 4) is 11.5 Å². The average molecular weight is 375 g/mol. The van der Waals surface area contributed by atoms with Gasteiger partial charge in [0.1, 0.15) is 0 Å². The molecule has 0 aromatic heterocycles. The van der Waals surface area contributed by atoms with Crippen LogP contribution in [0.2, 0.25) is 5.02 Å². The number of nitrogens with zero attached hydrogens (tertiary/aromatic N) is 1. The fraction of sp³-hybridized carbons (Fsp3) is 0.263. The fourth-order valence-corrected chi connectivity index (χ4v) is 2.70. The smallest absolute Gasteiger partial charge is 0.251 e. The van der Waals surface area contributed by atoms with Gasteiger partial charge in [-0.25, -0.2) is 0 Å². The molecule has 26 heavy (non-hydrogen) atoms. The lowest BCUT2D eigenvalue weighted by Gasteiger charge is -2.17. The Labute approximate surface area is 156 Å². The van der Waals surface area contributed by atoms with Crippen LogP contribution in [0.25, 0.3) is 0 Å². The van der Waals surface area contributed by atoms with Crippen molar-refractivity contribution in [2.24, 2.45) is 0 Å². The molecule has 0 spiro atoms. The van der Waals surface area contributed by atoms with Gasteiger partial charge in [0.05, 0.1) is 0 Å². The van der Waals surface area contributed by atoms with Gasteiger partial charge in [-0.1, -0.05) is 17.7 Å². The Kier molecular flexibility index (Phi) is 5.63. The average Bonchev–Trinajstić information content (AvgIpc) is 3.09. The van der Waals surface area contributed by atoms with Crippen molar-refractivity contribution in [3.05, 3.63) is 58.6 Å². The number of nitrogens with one attached hydrogen (secondary N) is 1. The first-order chi connectivity index (χ1) is 12.5. The van der Waals surface area contributed by atoms with Crippen LogP contribution >= 0.6 is 11.6 Å². The van der Waals surface area contributed by atoms with Gasteiger partial charge in [-0.2, -0.15) is 0 Å². The van der Waals surface area contributed by atoms with E-state index in [9.17, 15) is 9.59 Å². The lowest BCUT2D eigenvalue weighted by molar-refractivity contribution is -0.130. The van der Waals surface area contributed by atoms with Crippen LogP contribution in [-0.4, -0.2) is 37.1 Å². The molecule has 0 atom stereocenters. The van der Waals surface area contributed by atoms with Gasteiger partial charge in [0.25, 0.3) is 5.91 Å². The Morgan fingerprint density at radius 3 is 2.62 bits per heavy atom. The second-order valence-electron chi connectivity index (χ2n) is 5.95. The van der Waals surface area contributed by atoms with Crippen molar-refractivity contribution in [1.29, 1.82) is 0 Å². The molecule has 0 fully saturated rings. The van der Waals surface area contributed by atoms with E-state index in [1.807, 2.05) is 18.2 Å². The van der Waals surface area contributed by atoms with E-state index in [-0.39, 0.29) is 31.6 Å². The summed E-state index contributed by atoms with van der Waals surface area (Å²) in [6, 6.07) is 12.2. The highest BCUT2D eigenvalue weighted by Gasteiger charge is 2.15. The fourth-order valence-electron chi connectivity index (χ4n) is 2.58. The van der Waals surface area contributed by atoms with E-state index in [4.69, 9.17) is 21.1 Å². The molecule has 0 bridgehead atoms. The summed E-state index contributed by atoms with van der Waals surface area (Å²) in [4.78, 5) is 25.9. The number of hydrogen-bond acceptors (Lipinski definition) is 4. The molecular formula is C19H19ClN2O4. The van der Waals surface area contributed by atoms with Crippen LogP contribution in [0.3, 0.4) is 0 Å². The monoisotopic (exact) mass is 374 g/mol. The molecule has 0 saturated heterocycles. The van der Waals surface area contributed by atoms with Crippen molar-refractivity contribution < 1.29 is 19.1 Å². The molecule has 2 aromatic rings. The Morgan fingerprint density at radius 1 is 1.12 bits per heavy atom. The van der Waals surface area contributed by atoms with Gasteiger partial charge in [0.2, 0.25) is 12.7 Å². The highest BCUT2D eigenvalue weighted by Crippen LogP contribution is 2.32. The standard InChI is InChI=1S/C19H19ClN2O4/c1-22(11-13-2-7-16-17(10-13)26-12-25-16)18(23)8-9-21-19(24)14-3-5-15(20)6-4-14/h2-7,10H,8-9,11-12H2,1H3,(H,21,24). The maximum atomic E-state index is 12.2. The highest BCUT2D eigenvalue weighted by atomic mass is 35.5. The van der Waals surface area contributed by atoms with Crippen molar-refractivity contribution in [1.82, 2.24) is 10.2 Å². The van der Waals surface area contributed by atoms with E-state index >= 15 is 0 Å². The van der Waals surface area contributed by atoms with Crippen molar-refractivity contribution in [2.45, 2.75) is 13.0 Å². The molecule has 1 heterocycles. The van der Waals surface area contributed by atoms with Crippen LogP contribution in [0.1, 0.15) is 22.3 Å².